The summed E-state index contributed by atoms with van der Waals surface area (Å²) in [7, 11) is 1.85. The topological polar surface area (TPSA) is 59.3 Å². The van der Waals surface area contributed by atoms with Crippen molar-refractivity contribution in [1.29, 1.82) is 0 Å². The van der Waals surface area contributed by atoms with E-state index >= 15 is 0 Å². The van der Waals surface area contributed by atoms with E-state index in [1.165, 1.54) is 10.1 Å². The van der Waals surface area contributed by atoms with Crippen molar-refractivity contribution in [2.24, 2.45) is 7.05 Å². The number of aryl methyl sites for hydroxylation is 2. The molecule has 1 N–H and O–H groups in total. The van der Waals surface area contributed by atoms with Crippen LogP contribution in [-0.4, -0.2) is 45.7 Å². The SMILES string of the molecule is Cc1cc2ccn(C(=O)NC3CCN(CCc4ccccc4)CC3)c(=O)c2n1C. The lowest BCUT2D eigenvalue weighted by Gasteiger charge is -2.32. The summed E-state index contributed by atoms with van der Waals surface area (Å²) in [4.78, 5) is 28.0. The van der Waals surface area contributed by atoms with Crippen molar-refractivity contribution in [2.45, 2.75) is 32.2 Å². The number of benzene rings is 1. The first kappa shape index (κ1) is 19.5. The Labute approximate surface area is 170 Å². The molecular weight excluding hydrogens is 364 g/mol. The smallest absolute Gasteiger partial charge is 0.328 e. The van der Waals surface area contributed by atoms with E-state index in [1.807, 2.05) is 36.7 Å². The average molecular weight is 393 g/mol. The summed E-state index contributed by atoms with van der Waals surface area (Å²) in [5.41, 5.74) is 2.65. The van der Waals surface area contributed by atoms with E-state index < -0.39 is 0 Å². The molecule has 1 saturated heterocycles. The number of carbonyl (C=O) groups excluding carboxylic acids is 1. The summed E-state index contributed by atoms with van der Waals surface area (Å²) < 4.78 is 3.04. The van der Waals surface area contributed by atoms with Gasteiger partial charge in [0.05, 0.1) is 0 Å². The van der Waals surface area contributed by atoms with Gasteiger partial charge in [-0.3, -0.25) is 4.79 Å². The molecule has 1 aliphatic rings. The van der Waals surface area contributed by atoms with E-state index in [0.717, 1.165) is 50.0 Å². The molecule has 1 aliphatic heterocycles. The van der Waals surface area contributed by atoms with Crippen LogP contribution >= 0.6 is 0 Å². The molecule has 0 bridgehead atoms. The predicted octanol–water partition coefficient (Wildman–Crippen LogP) is 2.91. The molecule has 0 aliphatic carbocycles. The van der Waals surface area contributed by atoms with Crippen molar-refractivity contribution in [3.8, 4) is 0 Å². The van der Waals surface area contributed by atoms with Crippen LogP contribution in [0, 0.1) is 6.92 Å². The Kier molecular flexibility index (Phi) is 5.53. The van der Waals surface area contributed by atoms with E-state index in [0.29, 0.717) is 5.52 Å². The number of fused-ring (bicyclic) bond motifs is 1. The number of nitrogens with one attached hydrogen (secondary N) is 1. The molecule has 6 nitrogen and oxygen atoms in total. The van der Waals surface area contributed by atoms with Crippen LogP contribution in [0.2, 0.25) is 0 Å². The highest BCUT2D eigenvalue weighted by atomic mass is 16.2. The molecule has 1 aromatic carbocycles. The quantitative estimate of drug-likeness (QED) is 0.743. The number of rotatable bonds is 4. The maximum atomic E-state index is 12.8. The monoisotopic (exact) mass is 392 g/mol. The Morgan fingerprint density at radius 1 is 1.14 bits per heavy atom. The zero-order valence-electron chi connectivity index (χ0n) is 17.1. The number of amides is 1. The molecule has 0 spiro atoms. The van der Waals surface area contributed by atoms with E-state index in [-0.39, 0.29) is 17.6 Å². The highest BCUT2D eigenvalue weighted by molar-refractivity contribution is 5.84. The molecule has 3 heterocycles. The number of pyridine rings is 1. The lowest BCUT2D eigenvalue weighted by Crippen LogP contribution is -2.47. The van der Waals surface area contributed by atoms with E-state index in [1.54, 1.807) is 6.20 Å². The van der Waals surface area contributed by atoms with Gasteiger partial charge in [0.1, 0.15) is 5.52 Å². The fourth-order valence-electron chi connectivity index (χ4n) is 4.13. The van der Waals surface area contributed by atoms with E-state index in [9.17, 15) is 9.59 Å². The van der Waals surface area contributed by atoms with Gasteiger partial charge in [0.2, 0.25) is 0 Å². The third-order valence-electron chi connectivity index (χ3n) is 6.02. The van der Waals surface area contributed by atoms with Crippen LogP contribution in [-0.2, 0) is 13.5 Å². The van der Waals surface area contributed by atoms with Crippen molar-refractivity contribution in [2.75, 3.05) is 19.6 Å². The summed E-state index contributed by atoms with van der Waals surface area (Å²) in [5.74, 6) is 0. The van der Waals surface area contributed by atoms with E-state index in [4.69, 9.17) is 0 Å². The third kappa shape index (κ3) is 4.12. The normalized spacial score (nSPS) is 15.7. The van der Waals surface area contributed by atoms with Gasteiger partial charge in [0.25, 0.3) is 5.56 Å². The fraction of sp³-hybridized carbons (Fsp3) is 0.391. The average Bonchev–Trinajstić information content (AvgIpc) is 3.03. The standard InChI is InChI=1S/C23H28N4O2/c1-17-16-19-9-15-27(22(28)21(19)25(17)2)23(29)24-20-10-13-26(14-11-20)12-8-18-6-4-3-5-7-18/h3-7,9,15-16,20H,8,10-14H2,1-2H3,(H,24,29). The number of carbonyl (C=O) groups is 1. The first-order valence-electron chi connectivity index (χ1n) is 10.3. The van der Waals surface area contributed by atoms with Crippen LogP contribution in [0.25, 0.3) is 10.9 Å². The minimum atomic E-state index is -0.335. The zero-order chi connectivity index (χ0) is 20.4. The lowest BCUT2D eigenvalue weighted by atomic mass is 10.0. The van der Waals surface area contributed by atoms with Crippen molar-refractivity contribution < 1.29 is 4.79 Å². The number of piperidine rings is 1. The van der Waals surface area contributed by atoms with Gasteiger partial charge in [-0.25, -0.2) is 9.36 Å². The van der Waals surface area contributed by atoms with Crippen molar-refractivity contribution in [3.05, 3.63) is 70.3 Å². The van der Waals surface area contributed by atoms with Gasteiger partial charge in [0, 0.05) is 50.0 Å². The van der Waals surface area contributed by atoms with Gasteiger partial charge in [-0.2, -0.15) is 0 Å². The second-order valence-electron chi connectivity index (χ2n) is 7.94. The Morgan fingerprint density at radius 2 is 1.86 bits per heavy atom. The second-order valence-corrected chi connectivity index (χ2v) is 7.94. The summed E-state index contributed by atoms with van der Waals surface area (Å²) in [6.07, 6.45) is 4.43. The number of hydrogen-bond donors (Lipinski definition) is 1. The summed E-state index contributed by atoms with van der Waals surface area (Å²) in [5, 5.41) is 3.92. The molecular formula is C23H28N4O2. The number of likely N-dealkylation sites (tertiary alicyclic amines) is 1. The Morgan fingerprint density at radius 3 is 2.59 bits per heavy atom. The first-order valence-corrected chi connectivity index (χ1v) is 10.3. The lowest BCUT2D eigenvalue weighted by molar-refractivity contribution is 0.194. The van der Waals surface area contributed by atoms with Crippen molar-refractivity contribution >= 4 is 16.9 Å². The maximum absolute atomic E-state index is 12.8. The first-order chi connectivity index (χ1) is 14.0. The van der Waals surface area contributed by atoms with Crippen LogP contribution in [0.15, 0.2) is 53.5 Å². The molecule has 1 amide bonds. The Bertz CT molecular complexity index is 1060. The van der Waals surface area contributed by atoms with Crippen molar-refractivity contribution in [1.82, 2.24) is 19.4 Å². The van der Waals surface area contributed by atoms with Gasteiger partial charge in [-0.15, -0.1) is 0 Å². The largest absolute Gasteiger partial charge is 0.343 e. The minimum absolute atomic E-state index is 0.105. The highest BCUT2D eigenvalue weighted by Gasteiger charge is 2.22. The Balaban J connectivity index is 1.34. The highest BCUT2D eigenvalue weighted by Crippen LogP contribution is 2.15. The zero-order valence-corrected chi connectivity index (χ0v) is 17.1. The van der Waals surface area contributed by atoms with Crippen LogP contribution < -0.4 is 10.9 Å². The maximum Gasteiger partial charge on any atom is 0.328 e. The summed E-state index contributed by atoms with van der Waals surface area (Å²) in [6.45, 7) is 4.91. The molecule has 0 unspecified atom stereocenters. The van der Waals surface area contributed by atoms with E-state index in [2.05, 4.69) is 34.5 Å². The molecule has 0 radical (unpaired) electrons. The number of aromatic nitrogens is 2. The second kappa shape index (κ2) is 8.25. The molecule has 4 rings (SSSR count). The summed E-state index contributed by atoms with van der Waals surface area (Å²) in [6, 6.07) is 14.1. The van der Waals surface area contributed by atoms with Gasteiger partial charge >= 0.3 is 6.03 Å². The minimum Gasteiger partial charge on any atom is -0.343 e. The summed E-state index contributed by atoms with van der Waals surface area (Å²) >= 11 is 0. The third-order valence-corrected chi connectivity index (χ3v) is 6.02. The van der Waals surface area contributed by atoms with Crippen LogP contribution in [0.1, 0.15) is 24.1 Å². The molecule has 29 heavy (non-hydrogen) atoms. The van der Waals surface area contributed by atoms with Gasteiger partial charge in [0.15, 0.2) is 0 Å². The van der Waals surface area contributed by atoms with Gasteiger partial charge in [-0.05, 0) is 43.9 Å². The van der Waals surface area contributed by atoms with Gasteiger partial charge < -0.3 is 14.8 Å². The fourth-order valence-corrected chi connectivity index (χ4v) is 4.13. The van der Waals surface area contributed by atoms with Crippen molar-refractivity contribution in [3.63, 3.8) is 0 Å². The molecule has 0 saturated carbocycles. The molecule has 152 valence electrons. The predicted molar refractivity (Wildman–Crippen MR) is 115 cm³/mol. The van der Waals surface area contributed by atoms with Crippen LogP contribution in [0.5, 0.6) is 0 Å². The van der Waals surface area contributed by atoms with Crippen LogP contribution in [0.4, 0.5) is 4.79 Å². The number of nitrogens with zero attached hydrogens (tertiary/aromatic N) is 3. The molecule has 0 atom stereocenters. The molecule has 1 fully saturated rings. The molecule has 3 aromatic rings. The molecule has 6 heteroatoms. The number of hydrogen-bond acceptors (Lipinski definition) is 3. The van der Waals surface area contributed by atoms with Gasteiger partial charge in [-0.1, -0.05) is 30.3 Å². The van der Waals surface area contributed by atoms with Crippen LogP contribution in [0.3, 0.4) is 0 Å². The molecule has 2 aromatic heterocycles. The Hall–Kier alpha value is -2.86.